The van der Waals surface area contributed by atoms with Crippen molar-refractivity contribution in [3.05, 3.63) is 77.6 Å². The van der Waals surface area contributed by atoms with E-state index in [-0.39, 0.29) is 0 Å². The molecule has 2 heterocycles. The van der Waals surface area contributed by atoms with Gasteiger partial charge < -0.3 is 20.4 Å². The number of carbonyl (C=O) groups excluding carboxylic acids is 2. The lowest BCUT2D eigenvalue weighted by atomic mass is 10.1. The summed E-state index contributed by atoms with van der Waals surface area (Å²) in [6.45, 7) is 0. The number of nitrogens with zero attached hydrogens (tertiary/aromatic N) is 1. The molecule has 0 fully saturated rings. The third-order valence-electron chi connectivity index (χ3n) is 4.51. The quantitative estimate of drug-likeness (QED) is 0.389. The van der Waals surface area contributed by atoms with Crippen molar-refractivity contribution in [1.29, 1.82) is 0 Å². The summed E-state index contributed by atoms with van der Waals surface area (Å²) in [5.41, 5.74) is 3.88. The SMILES string of the molecule is COC(=O)c1ccc(NC(=O)Nc2c(-c3cccnc3)[nH]c3ccc(Cl)cc23)cc1. The Bertz CT molecular complexity index is 1220. The topological polar surface area (TPSA) is 96.1 Å². The molecule has 0 saturated carbocycles. The summed E-state index contributed by atoms with van der Waals surface area (Å²) in [6.07, 6.45) is 3.39. The Labute approximate surface area is 177 Å². The predicted molar refractivity (Wildman–Crippen MR) is 117 cm³/mol. The normalized spacial score (nSPS) is 10.6. The van der Waals surface area contributed by atoms with E-state index in [9.17, 15) is 9.59 Å². The number of pyridine rings is 1. The summed E-state index contributed by atoms with van der Waals surface area (Å²) in [5.74, 6) is -0.442. The number of H-pyrrole nitrogens is 1. The number of fused-ring (bicyclic) bond motifs is 1. The van der Waals surface area contributed by atoms with Crippen LogP contribution in [-0.2, 0) is 4.74 Å². The number of halogens is 1. The third-order valence-corrected chi connectivity index (χ3v) is 4.75. The molecule has 7 nitrogen and oxygen atoms in total. The number of nitrogens with one attached hydrogen (secondary N) is 3. The van der Waals surface area contributed by atoms with E-state index in [2.05, 4.69) is 25.3 Å². The van der Waals surface area contributed by atoms with Crippen molar-refractivity contribution in [3.63, 3.8) is 0 Å². The Hall–Kier alpha value is -3.84. The van der Waals surface area contributed by atoms with E-state index < -0.39 is 12.0 Å². The molecule has 4 aromatic rings. The highest BCUT2D eigenvalue weighted by atomic mass is 35.5. The molecule has 0 bridgehead atoms. The predicted octanol–water partition coefficient (Wildman–Crippen LogP) is 5.31. The number of hydrogen-bond acceptors (Lipinski definition) is 4. The van der Waals surface area contributed by atoms with Gasteiger partial charge in [0.15, 0.2) is 0 Å². The monoisotopic (exact) mass is 420 g/mol. The van der Waals surface area contributed by atoms with Crippen LogP contribution in [0.5, 0.6) is 0 Å². The molecule has 0 aliphatic heterocycles. The van der Waals surface area contributed by atoms with Crippen molar-refractivity contribution in [3.8, 4) is 11.3 Å². The molecule has 2 aromatic heterocycles. The molecule has 8 heteroatoms. The van der Waals surface area contributed by atoms with Crippen molar-refractivity contribution in [2.75, 3.05) is 17.7 Å². The second kappa shape index (κ2) is 8.26. The zero-order valence-corrected chi connectivity index (χ0v) is 16.7. The largest absolute Gasteiger partial charge is 0.465 e. The second-order valence-corrected chi connectivity index (χ2v) is 6.89. The number of esters is 1. The highest BCUT2D eigenvalue weighted by Gasteiger charge is 2.16. The number of ether oxygens (including phenoxy) is 1. The lowest BCUT2D eigenvalue weighted by molar-refractivity contribution is 0.0600. The van der Waals surface area contributed by atoms with E-state index in [4.69, 9.17) is 11.6 Å². The number of urea groups is 1. The van der Waals surface area contributed by atoms with Crippen molar-refractivity contribution >= 4 is 45.9 Å². The van der Waals surface area contributed by atoms with E-state index in [0.29, 0.717) is 22.0 Å². The molecule has 2 amide bonds. The molecule has 0 unspecified atom stereocenters. The van der Waals surface area contributed by atoms with Gasteiger partial charge in [-0.05, 0) is 54.6 Å². The lowest BCUT2D eigenvalue weighted by Gasteiger charge is -2.10. The van der Waals surface area contributed by atoms with Crippen LogP contribution in [0.1, 0.15) is 10.4 Å². The molecule has 0 saturated heterocycles. The van der Waals surface area contributed by atoms with Gasteiger partial charge in [-0.1, -0.05) is 11.6 Å². The van der Waals surface area contributed by atoms with Crippen LogP contribution in [-0.4, -0.2) is 29.1 Å². The number of carbonyl (C=O) groups is 2. The second-order valence-electron chi connectivity index (χ2n) is 6.45. The molecule has 3 N–H and O–H groups in total. The Balaban J connectivity index is 1.63. The number of aromatic amines is 1. The van der Waals surface area contributed by atoms with E-state index in [1.165, 1.54) is 7.11 Å². The van der Waals surface area contributed by atoms with E-state index in [1.54, 1.807) is 48.8 Å². The first-order valence-corrected chi connectivity index (χ1v) is 9.41. The Morgan fingerprint density at radius 1 is 1.07 bits per heavy atom. The summed E-state index contributed by atoms with van der Waals surface area (Å²) in [6, 6.07) is 15.1. The summed E-state index contributed by atoms with van der Waals surface area (Å²) < 4.78 is 4.68. The number of anilines is 2. The van der Waals surface area contributed by atoms with E-state index in [1.807, 2.05) is 18.2 Å². The molecule has 0 atom stereocenters. The number of methoxy groups -OCH3 is 1. The average Bonchev–Trinajstić information content (AvgIpc) is 3.11. The Morgan fingerprint density at radius 3 is 2.57 bits per heavy atom. The fraction of sp³-hybridized carbons (Fsp3) is 0.0455. The Morgan fingerprint density at radius 2 is 1.87 bits per heavy atom. The van der Waals surface area contributed by atoms with Gasteiger partial charge in [0.25, 0.3) is 0 Å². The van der Waals surface area contributed by atoms with Crippen LogP contribution in [0.2, 0.25) is 5.02 Å². The maximum Gasteiger partial charge on any atom is 0.337 e. The standard InChI is InChI=1S/C22H17ClN4O3/c1-30-21(28)13-4-7-16(8-5-13)25-22(29)27-20-17-11-15(23)6-9-18(17)26-19(20)14-3-2-10-24-12-14/h2-12,26H,1H3,(H2,25,27,29). The molecule has 0 radical (unpaired) electrons. The molecule has 4 rings (SSSR count). The van der Waals surface area contributed by atoms with Gasteiger partial charge in [0.2, 0.25) is 0 Å². The third kappa shape index (κ3) is 3.97. The fourth-order valence-corrected chi connectivity index (χ4v) is 3.28. The molecule has 30 heavy (non-hydrogen) atoms. The molecular weight excluding hydrogens is 404 g/mol. The van der Waals surface area contributed by atoms with Crippen molar-refractivity contribution < 1.29 is 14.3 Å². The van der Waals surface area contributed by atoms with Gasteiger partial charge in [-0.3, -0.25) is 4.98 Å². The summed E-state index contributed by atoms with van der Waals surface area (Å²) in [5, 5.41) is 6.99. The first kappa shape index (κ1) is 19.5. The number of aromatic nitrogens is 2. The van der Waals surface area contributed by atoms with Gasteiger partial charge in [0.05, 0.1) is 24.1 Å². The highest BCUT2D eigenvalue weighted by Crippen LogP contribution is 2.36. The zero-order valence-electron chi connectivity index (χ0n) is 15.9. The van der Waals surface area contributed by atoms with Crippen molar-refractivity contribution in [2.24, 2.45) is 0 Å². The number of amides is 2. The van der Waals surface area contributed by atoms with Crippen molar-refractivity contribution in [2.45, 2.75) is 0 Å². The van der Waals surface area contributed by atoms with Gasteiger partial charge >= 0.3 is 12.0 Å². The Kier molecular flexibility index (Phi) is 5.36. The highest BCUT2D eigenvalue weighted by molar-refractivity contribution is 6.31. The van der Waals surface area contributed by atoms with Gasteiger partial charge in [-0.15, -0.1) is 0 Å². The minimum absolute atomic E-state index is 0.397. The number of hydrogen-bond donors (Lipinski definition) is 3. The van der Waals surface area contributed by atoms with Crippen LogP contribution in [0.4, 0.5) is 16.2 Å². The fourth-order valence-electron chi connectivity index (χ4n) is 3.10. The van der Waals surface area contributed by atoms with Crippen LogP contribution in [0, 0.1) is 0 Å². The van der Waals surface area contributed by atoms with Crippen molar-refractivity contribution in [1.82, 2.24) is 9.97 Å². The van der Waals surface area contributed by atoms with Gasteiger partial charge in [-0.25, -0.2) is 9.59 Å². The number of benzene rings is 2. The smallest absolute Gasteiger partial charge is 0.337 e. The van der Waals surface area contributed by atoms with Crippen LogP contribution < -0.4 is 10.6 Å². The van der Waals surface area contributed by atoms with Crippen LogP contribution in [0.25, 0.3) is 22.2 Å². The molecular formula is C22H17ClN4O3. The van der Waals surface area contributed by atoms with Crippen LogP contribution in [0.3, 0.4) is 0 Å². The number of rotatable bonds is 4. The van der Waals surface area contributed by atoms with Gasteiger partial charge in [-0.2, -0.15) is 0 Å². The van der Waals surface area contributed by atoms with E-state index >= 15 is 0 Å². The van der Waals surface area contributed by atoms with Crippen LogP contribution >= 0.6 is 11.6 Å². The minimum Gasteiger partial charge on any atom is -0.465 e. The van der Waals surface area contributed by atoms with Crippen LogP contribution in [0.15, 0.2) is 67.0 Å². The zero-order chi connectivity index (χ0) is 21.1. The molecule has 2 aromatic carbocycles. The first-order chi connectivity index (χ1) is 14.5. The summed E-state index contributed by atoms with van der Waals surface area (Å²) in [7, 11) is 1.31. The lowest BCUT2D eigenvalue weighted by Crippen LogP contribution is -2.19. The maximum atomic E-state index is 12.7. The summed E-state index contributed by atoms with van der Waals surface area (Å²) in [4.78, 5) is 31.7. The minimum atomic E-state index is -0.442. The molecule has 0 aliphatic rings. The first-order valence-electron chi connectivity index (χ1n) is 9.03. The molecule has 0 spiro atoms. The van der Waals surface area contributed by atoms with Gasteiger partial charge in [0, 0.05) is 39.6 Å². The van der Waals surface area contributed by atoms with Gasteiger partial charge in [0.1, 0.15) is 0 Å². The maximum absolute atomic E-state index is 12.7. The molecule has 150 valence electrons. The summed E-state index contributed by atoms with van der Waals surface area (Å²) >= 11 is 6.17. The average molecular weight is 421 g/mol. The molecule has 0 aliphatic carbocycles. The van der Waals surface area contributed by atoms with E-state index in [0.717, 1.165) is 22.2 Å².